The van der Waals surface area contributed by atoms with Crippen LogP contribution in [0.15, 0.2) is 96.1 Å². The number of pyridine rings is 1. The summed E-state index contributed by atoms with van der Waals surface area (Å²) in [5, 5.41) is 0. The lowest BCUT2D eigenvalue weighted by molar-refractivity contribution is 0.0450. The number of hydrogen-bond acceptors (Lipinski definition) is 5. The number of hydrogen-bond donors (Lipinski definition) is 0. The average molecular weight is 690 g/mol. The zero-order valence-corrected chi connectivity index (χ0v) is 32.6. The van der Waals surface area contributed by atoms with E-state index in [9.17, 15) is 0 Å². The molecule has 5 heteroatoms. The van der Waals surface area contributed by atoms with Crippen molar-refractivity contribution >= 4 is 23.1 Å². The van der Waals surface area contributed by atoms with E-state index in [0.29, 0.717) is 11.8 Å². The molecular formula is C47H51N3O2. The second kappa shape index (κ2) is 11.6. The van der Waals surface area contributed by atoms with Crippen molar-refractivity contribution in [3.05, 3.63) is 141 Å². The van der Waals surface area contributed by atoms with Crippen LogP contribution in [0.1, 0.15) is 118 Å². The molecule has 2 aliphatic heterocycles. The van der Waals surface area contributed by atoms with Gasteiger partial charge in [-0.05, 0) is 120 Å². The standard InChI is InChI=1S/C47H51N3O2/c1-28(2)31-22-32(43-49-46(10)27-36-30(4)29(3)16-18-37(36)47(46,11)52-43)24-35(23-31)51-34-17-19-39-41(26-34)50(40-15-13-12-14-38(40)45(39,8)9)42-25-33(20-21-48-42)44(5,6)7/h12-26,28H,27H2,1-11H3/t46-,47+/m1/s1. The van der Waals surface area contributed by atoms with Crippen LogP contribution in [0.5, 0.6) is 11.5 Å². The van der Waals surface area contributed by atoms with Gasteiger partial charge in [-0.2, -0.15) is 0 Å². The van der Waals surface area contributed by atoms with Gasteiger partial charge in [0.25, 0.3) is 0 Å². The number of aliphatic imine (C=N–C) groups is 1. The van der Waals surface area contributed by atoms with E-state index in [1.165, 1.54) is 44.5 Å². The number of fused-ring (bicyclic) bond motifs is 5. The minimum atomic E-state index is -0.533. The number of benzene rings is 4. The van der Waals surface area contributed by atoms with Gasteiger partial charge >= 0.3 is 0 Å². The second-order valence-corrected chi connectivity index (χ2v) is 17.4. The van der Waals surface area contributed by atoms with E-state index in [1.807, 2.05) is 6.20 Å². The molecule has 0 spiro atoms. The molecular weight excluding hydrogens is 639 g/mol. The van der Waals surface area contributed by atoms with Gasteiger partial charge < -0.3 is 9.47 Å². The average Bonchev–Trinajstić information content (AvgIpc) is 3.48. The molecule has 0 bridgehead atoms. The molecule has 1 aliphatic carbocycles. The van der Waals surface area contributed by atoms with E-state index >= 15 is 0 Å². The van der Waals surface area contributed by atoms with Crippen LogP contribution in [0.2, 0.25) is 0 Å². The smallest absolute Gasteiger partial charge is 0.217 e. The first-order valence-corrected chi connectivity index (χ1v) is 18.7. The van der Waals surface area contributed by atoms with Gasteiger partial charge in [0.15, 0.2) is 5.60 Å². The van der Waals surface area contributed by atoms with E-state index in [2.05, 4.69) is 166 Å². The fourth-order valence-corrected chi connectivity index (χ4v) is 8.51. The maximum Gasteiger partial charge on any atom is 0.217 e. The molecule has 0 amide bonds. The monoisotopic (exact) mass is 689 g/mol. The first kappa shape index (κ1) is 34.2. The van der Waals surface area contributed by atoms with Gasteiger partial charge in [0, 0.05) is 35.2 Å². The maximum atomic E-state index is 6.93. The number of aromatic nitrogens is 1. The van der Waals surface area contributed by atoms with Crippen LogP contribution >= 0.6 is 0 Å². The summed E-state index contributed by atoms with van der Waals surface area (Å²) in [6.45, 7) is 24.6. The van der Waals surface area contributed by atoms with Gasteiger partial charge in [0.05, 0.1) is 11.4 Å². The summed E-state index contributed by atoms with van der Waals surface area (Å²) in [6, 6.07) is 30.5. The molecule has 5 aromatic rings. The van der Waals surface area contributed by atoms with E-state index in [1.54, 1.807) is 0 Å². The first-order valence-electron chi connectivity index (χ1n) is 18.7. The SMILES string of the molecule is Cc1ccc2c(c1C)C[C@@]1(C)N=C(c3cc(Oc4ccc5c(c4)N(c4cc(C(C)(C)C)ccn4)c4ccccc4C5(C)C)cc(C(C)C)c3)O[C@@]21C. The van der Waals surface area contributed by atoms with Gasteiger partial charge in [0.1, 0.15) is 22.9 Å². The number of nitrogens with zero attached hydrogens (tertiary/aromatic N) is 3. The molecule has 0 N–H and O–H groups in total. The highest BCUT2D eigenvalue weighted by molar-refractivity contribution is 5.97. The van der Waals surface area contributed by atoms with Gasteiger partial charge in [0.2, 0.25) is 5.90 Å². The normalized spacial score (nSPS) is 21.2. The lowest BCUT2D eigenvalue weighted by Gasteiger charge is -2.41. The summed E-state index contributed by atoms with van der Waals surface area (Å²) >= 11 is 0. The van der Waals surface area contributed by atoms with Crippen LogP contribution in [0.3, 0.4) is 0 Å². The molecule has 0 fully saturated rings. The Morgan fingerprint density at radius 3 is 2.27 bits per heavy atom. The third-order valence-electron chi connectivity index (χ3n) is 12.2. The predicted molar refractivity (Wildman–Crippen MR) is 213 cm³/mol. The molecule has 266 valence electrons. The molecule has 52 heavy (non-hydrogen) atoms. The summed E-state index contributed by atoms with van der Waals surface area (Å²) in [4.78, 5) is 12.6. The zero-order valence-electron chi connectivity index (χ0n) is 32.6. The van der Waals surface area contributed by atoms with Gasteiger partial charge in [-0.3, -0.25) is 4.90 Å². The quantitative estimate of drug-likeness (QED) is 0.184. The molecule has 4 aromatic carbocycles. The summed E-state index contributed by atoms with van der Waals surface area (Å²) in [5.41, 5.74) is 12.2. The molecule has 2 atom stereocenters. The topological polar surface area (TPSA) is 47.0 Å². The van der Waals surface area contributed by atoms with Crippen molar-refractivity contribution in [1.82, 2.24) is 4.98 Å². The Balaban J connectivity index is 1.19. The number of para-hydroxylation sites is 1. The molecule has 3 heterocycles. The Bertz CT molecular complexity index is 2290. The van der Waals surface area contributed by atoms with Gasteiger partial charge in [-0.15, -0.1) is 0 Å². The third kappa shape index (κ3) is 5.18. The van der Waals surface area contributed by atoms with Gasteiger partial charge in [-0.25, -0.2) is 9.98 Å². The summed E-state index contributed by atoms with van der Waals surface area (Å²) in [6.07, 6.45) is 2.79. The van der Waals surface area contributed by atoms with E-state index < -0.39 is 5.60 Å². The van der Waals surface area contributed by atoms with Crippen LogP contribution in [0, 0.1) is 13.8 Å². The lowest BCUT2D eigenvalue weighted by Crippen LogP contribution is -2.40. The van der Waals surface area contributed by atoms with E-state index in [4.69, 9.17) is 19.5 Å². The molecule has 1 aromatic heterocycles. The number of anilines is 3. The molecule has 0 unspecified atom stereocenters. The minimum Gasteiger partial charge on any atom is -0.464 e. The first-order chi connectivity index (χ1) is 24.5. The van der Waals surface area contributed by atoms with Crippen LogP contribution in [0.25, 0.3) is 0 Å². The van der Waals surface area contributed by atoms with Crippen LogP contribution in [-0.4, -0.2) is 16.4 Å². The number of rotatable bonds is 5. The van der Waals surface area contributed by atoms with Crippen LogP contribution in [0.4, 0.5) is 17.2 Å². The van der Waals surface area contributed by atoms with Crippen molar-refractivity contribution in [3.8, 4) is 11.5 Å². The van der Waals surface area contributed by atoms with E-state index in [-0.39, 0.29) is 16.4 Å². The highest BCUT2D eigenvalue weighted by atomic mass is 16.5. The Morgan fingerprint density at radius 2 is 1.52 bits per heavy atom. The van der Waals surface area contributed by atoms with Crippen molar-refractivity contribution in [2.45, 2.75) is 110 Å². The maximum absolute atomic E-state index is 6.93. The minimum absolute atomic E-state index is 0.0125. The largest absolute Gasteiger partial charge is 0.464 e. The molecule has 0 saturated carbocycles. The fourth-order valence-electron chi connectivity index (χ4n) is 8.51. The second-order valence-electron chi connectivity index (χ2n) is 17.4. The van der Waals surface area contributed by atoms with Crippen molar-refractivity contribution in [3.63, 3.8) is 0 Å². The van der Waals surface area contributed by atoms with Crippen LogP contribution in [-0.2, 0) is 27.6 Å². The highest BCUT2D eigenvalue weighted by Crippen LogP contribution is 2.55. The molecule has 8 rings (SSSR count). The van der Waals surface area contributed by atoms with Gasteiger partial charge in [-0.1, -0.05) is 84.9 Å². The van der Waals surface area contributed by atoms with E-state index in [0.717, 1.165) is 40.7 Å². The fraction of sp³-hybridized carbons (Fsp3) is 0.362. The highest BCUT2D eigenvalue weighted by Gasteiger charge is 2.59. The number of ether oxygens (including phenoxy) is 2. The van der Waals surface area contributed by atoms with Crippen molar-refractivity contribution in [2.75, 3.05) is 4.90 Å². The Labute approximate surface area is 309 Å². The Morgan fingerprint density at radius 1 is 0.788 bits per heavy atom. The molecule has 5 nitrogen and oxygen atoms in total. The third-order valence-corrected chi connectivity index (χ3v) is 12.2. The molecule has 0 saturated heterocycles. The van der Waals surface area contributed by atoms with Crippen molar-refractivity contribution in [1.29, 1.82) is 0 Å². The van der Waals surface area contributed by atoms with Crippen molar-refractivity contribution < 1.29 is 9.47 Å². The zero-order chi connectivity index (χ0) is 37.0. The lowest BCUT2D eigenvalue weighted by atomic mass is 9.73. The van der Waals surface area contributed by atoms with Crippen LogP contribution < -0.4 is 9.64 Å². The van der Waals surface area contributed by atoms with Crippen molar-refractivity contribution in [2.24, 2.45) is 4.99 Å². The predicted octanol–water partition coefficient (Wildman–Crippen LogP) is 12.0. The summed E-state index contributed by atoms with van der Waals surface area (Å²) < 4.78 is 13.8. The number of aryl methyl sites for hydroxylation is 1. The molecule has 0 radical (unpaired) electrons. The Hall–Kier alpha value is -4.90. The summed E-state index contributed by atoms with van der Waals surface area (Å²) in [7, 11) is 0. The molecule has 3 aliphatic rings. The summed E-state index contributed by atoms with van der Waals surface area (Å²) in [5.74, 6) is 3.40. The Kier molecular flexibility index (Phi) is 7.60.